The van der Waals surface area contributed by atoms with Crippen LogP contribution in [0.5, 0.6) is 0 Å². The van der Waals surface area contributed by atoms with Crippen molar-refractivity contribution in [3.05, 3.63) is 227 Å². The van der Waals surface area contributed by atoms with Crippen LogP contribution in [0.1, 0.15) is 41.5 Å². The Balaban J connectivity index is 1.21. The van der Waals surface area contributed by atoms with Gasteiger partial charge in [0.25, 0.3) is 0 Å². The molecule has 2 aliphatic rings. The number of nitrogens with zero attached hydrogens (tertiary/aromatic N) is 1. The summed E-state index contributed by atoms with van der Waals surface area (Å²) in [5.74, 6) is 0. The summed E-state index contributed by atoms with van der Waals surface area (Å²) in [5, 5.41) is 0. The van der Waals surface area contributed by atoms with Gasteiger partial charge >= 0.3 is 0 Å². The van der Waals surface area contributed by atoms with Gasteiger partial charge < -0.3 is 0 Å². The Morgan fingerprint density at radius 1 is 0.519 bits per heavy atom. The maximum atomic E-state index is 4.37. The van der Waals surface area contributed by atoms with E-state index in [0.717, 1.165) is 19.3 Å². The first-order valence-electron chi connectivity index (χ1n) is 17.8. The van der Waals surface area contributed by atoms with Crippen molar-refractivity contribution in [3.8, 4) is 20.9 Å². The van der Waals surface area contributed by atoms with Crippen molar-refractivity contribution in [3.63, 3.8) is 0 Å². The number of hydrogen-bond donors (Lipinski definition) is 0. The molecule has 0 fully saturated rings. The lowest BCUT2D eigenvalue weighted by Crippen LogP contribution is -2.02. The first kappa shape index (κ1) is 33.5. The predicted molar refractivity (Wildman–Crippen MR) is 226 cm³/mol. The molecule has 8 rings (SSSR count). The summed E-state index contributed by atoms with van der Waals surface area (Å²) in [6.07, 6.45) is 21.0. The number of pyridine rings is 1. The molecule has 0 bridgehead atoms. The highest BCUT2D eigenvalue weighted by Crippen LogP contribution is 2.44. The lowest BCUT2D eigenvalue weighted by atomic mass is 9.83. The summed E-state index contributed by atoms with van der Waals surface area (Å²) >= 11 is 3.68. The van der Waals surface area contributed by atoms with Crippen LogP contribution in [-0.2, 0) is 0 Å². The Kier molecular flexibility index (Phi) is 10.4. The zero-order valence-corrected chi connectivity index (χ0v) is 30.5. The molecule has 52 heavy (non-hydrogen) atoms. The van der Waals surface area contributed by atoms with Gasteiger partial charge in [0.2, 0.25) is 21.1 Å². The van der Waals surface area contributed by atoms with Crippen LogP contribution in [0.15, 0.2) is 205 Å². The molecule has 0 spiro atoms. The van der Waals surface area contributed by atoms with Crippen LogP contribution in [-0.4, -0.2) is 4.98 Å². The number of allylic oxidation sites excluding steroid dienone is 9. The standard InChI is InChI=1S/C49H38NS2/c1-5-14-38(15-6-1)45-32-36(33-46(51-45)39-16-7-2-8-17-39)24-26-42-22-13-23-43(49(42)44-28-30-50-31-29-44)27-25-37-34-47(40-18-9-3-10-19-40)52-48(35-37)41-20-11-4-12-21-41/h1-12,14-21,24-35H,13,22-23H2/q+1. The molecule has 1 nitrogen and oxygen atoms in total. The van der Waals surface area contributed by atoms with Gasteiger partial charge in [-0.2, -0.15) is 0 Å². The van der Waals surface area contributed by atoms with E-state index in [1.54, 1.807) is 0 Å². The minimum absolute atomic E-state index is 1.03. The molecule has 1 aliphatic heterocycles. The van der Waals surface area contributed by atoms with E-state index >= 15 is 0 Å². The summed E-state index contributed by atoms with van der Waals surface area (Å²) in [6, 6.07) is 51.8. The van der Waals surface area contributed by atoms with Crippen LogP contribution >= 0.6 is 23.1 Å². The predicted octanol–water partition coefficient (Wildman–Crippen LogP) is 14.1. The molecule has 2 aromatic heterocycles. The lowest BCUT2D eigenvalue weighted by Gasteiger charge is -2.22. The normalized spacial score (nSPS) is 15.5. The van der Waals surface area contributed by atoms with E-state index in [1.165, 1.54) is 75.2 Å². The molecule has 0 radical (unpaired) electrons. The van der Waals surface area contributed by atoms with Crippen molar-refractivity contribution in [1.29, 1.82) is 0 Å². The third kappa shape index (κ3) is 7.97. The minimum Gasteiger partial charge on any atom is -0.265 e. The Morgan fingerprint density at radius 3 is 1.58 bits per heavy atom. The molecular formula is C49H38NS2+. The second-order valence-corrected chi connectivity index (χ2v) is 15.1. The molecule has 250 valence electrons. The zero-order chi connectivity index (χ0) is 35.0. The fourth-order valence-electron chi connectivity index (χ4n) is 6.76. The number of rotatable bonds is 8. The fourth-order valence-corrected chi connectivity index (χ4v) is 9.03. The van der Waals surface area contributed by atoms with Gasteiger partial charge in [-0.25, -0.2) is 0 Å². The van der Waals surface area contributed by atoms with Gasteiger partial charge in [0.05, 0.1) is 0 Å². The van der Waals surface area contributed by atoms with Gasteiger partial charge in [0.1, 0.15) is 0 Å². The van der Waals surface area contributed by atoms with Crippen molar-refractivity contribution >= 4 is 44.6 Å². The van der Waals surface area contributed by atoms with E-state index < -0.39 is 0 Å². The number of hydrogen-bond acceptors (Lipinski definition) is 2. The molecule has 6 aromatic rings. The maximum Gasteiger partial charge on any atom is 0.239 e. The van der Waals surface area contributed by atoms with Gasteiger partial charge in [-0.05, 0) is 112 Å². The topological polar surface area (TPSA) is 12.9 Å². The van der Waals surface area contributed by atoms with Crippen LogP contribution in [0.4, 0.5) is 0 Å². The molecule has 0 amide bonds. The first-order valence-corrected chi connectivity index (χ1v) is 19.4. The highest BCUT2D eigenvalue weighted by Gasteiger charge is 2.20. The molecule has 1 aliphatic carbocycles. The minimum atomic E-state index is 1.03. The lowest BCUT2D eigenvalue weighted by molar-refractivity contribution is 0.806. The van der Waals surface area contributed by atoms with Crippen LogP contribution < -0.4 is 0 Å². The van der Waals surface area contributed by atoms with Gasteiger partial charge in [0, 0.05) is 45.5 Å². The summed E-state index contributed by atoms with van der Waals surface area (Å²) in [6.45, 7) is 0. The molecule has 0 atom stereocenters. The molecule has 4 aromatic carbocycles. The largest absolute Gasteiger partial charge is 0.265 e. The van der Waals surface area contributed by atoms with E-state index in [2.05, 4.69) is 187 Å². The second-order valence-electron chi connectivity index (χ2n) is 12.9. The molecule has 0 unspecified atom stereocenters. The molecule has 3 heteroatoms. The molecule has 0 saturated carbocycles. The SMILES string of the molecule is C(/C=C1\CCCC(/C=C/c2cc(-c3ccccc3)[s+]c(-c3ccccc3)c2)=C1c1ccncc1)=C1C=C(c2ccccc2)SC(c2ccccc2)=C1. The van der Waals surface area contributed by atoms with Crippen LogP contribution in [0.25, 0.3) is 42.3 Å². The third-order valence-corrected chi connectivity index (χ3v) is 11.6. The van der Waals surface area contributed by atoms with E-state index in [-0.39, 0.29) is 0 Å². The summed E-state index contributed by atoms with van der Waals surface area (Å²) in [4.78, 5) is 9.41. The Morgan fingerprint density at radius 2 is 1.04 bits per heavy atom. The smallest absolute Gasteiger partial charge is 0.239 e. The van der Waals surface area contributed by atoms with Gasteiger partial charge in [-0.1, -0.05) is 133 Å². The molecular weight excluding hydrogens is 667 g/mol. The first-order chi connectivity index (χ1) is 25.8. The van der Waals surface area contributed by atoms with E-state index in [0.29, 0.717) is 0 Å². The van der Waals surface area contributed by atoms with Crippen molar-refractivity contribution in [1.82, 2.24) is 4.98 Å². The Hall–Kier alpha value is -5.61. The van der Waals surface area contributed by atoms with Gasteiger partial charge in [0.15, 0.2) is 0 Å². The fraction of sp³-hybridized carbons (Fsp3) is 0.0612. The third-order valence-electron chi connectivity index (χ3n) is 9.32. The highest BCUT2D eigenvalue weighted by molar-refractivity contribution is 8.16. The monoisotopic (exact) mass is 704 g/mol. The molecule has 0 N–H and O–H groups in total. The van der Waals surface area contributed by atoms with Crippen LogP contribution in [0.2, 0.25) is 0 Å². The van der Waals surface area contributed by atoms with Crippen molar-refractivity contribution in [2.45, 2.75) is 19.3 Å². The average molecular weight is 705 g/mol. The number of aromatic nitrogens is 1. The summed E-state index contributed by atoms with van der Waals surface area (Å²) < 4.78 is 0. The van der Waals surface area contributed by atoms with Crippen LogP contribution in [0.3, 0.4) is 0 Å². The quantitative estimate of drug-likeness (QED) is 0.146. The van der Waals surface area contributed by atoms with Crippen molar-refractivity contribution in [2.24, 2.45) is 0 Å². The van der Waals surface area contributed by atoms with Gasteiger partial charge in [-0.3, -0.25) is 4.98 Å². The van der Waals surface area contributed by atoms with Crippen molar-refractivity contribution in [2.75, 3.05) is 0 Å². The molecule has 3 heterocycles. The second kappa shape index (κ2) is 16.2. The summed E-state index contributed by atoms with van der Waals surface area (Å²) in [5.41, 5.74) is 12.6. The summed E-state index contributed by atoms with van der Waals surface area (Å²) in [7, 11) is 0. The van der Waals surface area contributed by atoms with E-state index in [1.807, 2.05) is 35.5 Å². The Bertz CT molecular complexity index is 2240. The zero-order valence-electron chi connectivity index (χ0n) is 28.9. The van der Waals surface area contributed by atoms with Crippen molar-refractivity contribution < 1.29 is 0 Å². The maximum absolute atomic E-state index is 4.37. The number of thioether (sulfide) groups is 1. The average Bonchev–Trinajstić information content (AvgIpc) is 3.23. The number of benzene rings is 4. The van der Waals surface area contributed by atoms with Crippen LogP contribution in [0, 0.1) is 0 Å². The van der Waals surface area contributed by atoms with E-state index in [9.17, 15) is 0 Å². The van der Waals surface area contributed by atoms with Gasteiger partial charge in [-0.15, -0.1) is 0 Å². The highest BCUT2D eigenvalue weighted by atomic mass is 32.2. The van der Waals surface area contributed by atoms with E-state index in [4.69, 9.17) is 0 Å². The Labute approximate surface area is 315 Å². The molecule has 0 saturated heterocycles.